The van der Waals surface area contributed by atoms with Crippen LogP contribution in [0.25, 0.3) is 0 Å². The van der Waals surface area contributed by atoms with Gasteiger partial charge in [0.15, 0.2) is 5.82 Å². The van der Waals surface area contributed by atoms with E-state index in [1.54, 1.807) is 0 Å². The fourth-order valence-corrected chi connectivity index (χ4v) is 1.54. The predicted octanol–water partition coefficient (Wildman–Crippen LogP) is 1.63. The van der Waals surface area contributed by atoms with Crippen molar-refractivity contribution in [1.82, 2.24) is 14.9 Å². The van der Waals surface area contributed by atoms with Crippen LogP contribution in [-0.4, -0.2) is 15.5 Å². The van der Waals surface area contributed by atoms with Crippen molar-refractivity contribution in [2.45, 2.75) is 6.54 Å². The van der Waals surface area contributed by atoms with Crippen LogP contribution in [0.4, 0.5) is 8.78 Å². The van der Waals surface area contributed by atoms with Gasteiger partial charge in [-0.2, -0.15) is 4.39 Å². The fraction of sp³-hybridized carbons (Fsp3) is 0.167. The van der Waals surface area contributed by atoms with Crippen LogP contribution < -0.4 is 5.32 Å². The molecule has 2 aromatic rings. The molecule has 0 fully saturated rings. The summed E-state index contributed by atoms with van der Waals surface area (Å²) in [5.74, 6) is -3.18. The Morgan fingerprint density at radius 2 is 2.22 bits per heavy atom. The van der Waals surface area contributed by atoms with Crippen molar-refractivity contribution in [2.24, 2.45) is 7.05 Å². The topological polar surface area (TPSA) is 46.9 Å². The number of rotatable bonds is 3. The summed E-state index contributed by atoms with van der Waals surface area (Å²) in [6.07, 6.45) is 4.70. The number of pyridine rings is 1. The normalized spacial score (nSPS) is 10.4. The zero-order valence-corrected chi connectivity index (χ0v) is 9.65. The lowest BCUT2D eigenvalue weighted by atomic mass is 10.2. The van der Waals surface area contributed by atoms with Crippen molar-refractivity contribution < 1.29 is 13.6 Å². The number of halogens is 2. The summed E-state index contributed by atoms with van der Waals surface area (Å²) in [6.45, 7) is 0.253. The van der Waals surface area contributed by atoms with Crippen LogP contribution in [-0.2, 0) is 13.6 Å². The molecule has 0 aliphatic rings. The number of carbonyl (C=O) groups is 1. The van der Waals surface area contributed by atoms with Crippen molar-refractivity contribution in [1.29, 1.82) is 0 Å². The number of carbonyl (C=O) groups excluding carboxylic acids is 1. The molecule has 0 unspecified atom stereocenters. The Kier molecular flexibility index (Phi) is 3.36. The summed E-state index contributed by atoms with van der Waals surface area (Å²) in [5.41, 5.74) is 0.527. The summed E-state index contributed by atoms with van der Waals surface area (Å²) in [6, 6.07) is 2.96. The molecule has 0 atom stereocenters. The van der Waals surface area contributed by atoms with E-state index in [9.17, 15) is 13.6 Å². The first-order chi connectivity index (χ1) is 8.58. The van der Waals surface area contributed by atoms with Gasteiger partial charge in [0.25, 0.3) is 5.91 Å². The highest BCUT2D eigenvalue weighted by molar-refractivity contribution is 5.94. The van der Waals surface area contributed by atoms with Gasteiger partial charge in [-0.1, -0.05) is 0 Å². The molecule has 2 aromatic heterocycles. The number of amides is 1. The van der Waals surface area contributed by atoms with E-state index in [2.05, 4.69) is 10.3 Å². The number of hydrogen-bond donors (Lipinski definition) is 1. The Morgan fingerprint density at radius 1 is 1.44 bits per heavy atom. The summed E-state index contributed by atoms with van der Waals surface area (Å²) in [7, 11) is 1.85. The predicted molar refractivity (Wildman–Crippen MR) is 60.7 cm³/mol. The molecule has 4 nitrogen and oxygen atoms in total. The highest BCUT2D eigenvalue weighted by Gasteiger charge is 2.15. The molecule has 0 aliphatic carbocycles. The van der Waals surface area contributed by atoms with Gasteiger partial charge in [0, 0.05) is 32.2 Å². The number of nitrogens with zero attached hydrogens (tertiary/aromatic N) is 2. The first kappa shape index (κ1) is 12.2. The fourth-order valence-electron chi connectivity index (χ4n) is 1.54. The second kappa shape index (κ2) is 4.95. The minimum Gasteiger partial charge on any atom is -0.357 e. The number of hydrogen-bond acceptors (Lipinski definition) is 2. The third-order valence-electron chi connectivity index (χ3n) is 2.44. The first-order valence-electron chi connectivity index (χ1n) is 5.27. The molecule has 2 rings (SSSR count). The molecule has 0 aliphatic heterocycles. The molecule has 94 valence electrons. The van der Waals surface area contributed by atoms with Crippen molar-refractivity contribution in [3.05, 3.63) is 53.6 Å². The molecule has 18 heavy (non-hydrogen) atoms. The zero-order chi connectivity index (χ0) is 13.1. The Morgan fingerprint density at radius 3 is 2.89 bits per heavy atom. The van der Waals surface area contributed by atoms with Gasteiger partial charge >= 0.3 is 0 Å². The smallest absolute Gasteiger partial charge is 0.254 e. The van der Waals surface area contributed by atoms with Gasteiger partial charge in [-0.15, -0.1) is 0 Å². The summed E-state index contributed by atoms with van der Waals surface area (Å²) in [4.78, 5) is 14.8. The van der Waals surface area contributed by atoms with E-state index in [4.69, 9.17) is 0 Å². The molecular formula is C12H11F2N3O. The van der Waals surface area contributed by atoms with E-state index >= 15 is 0 Å². The van der Waals surface area contributed by atoms with Crippen LogP contribution >= 0.6 is 0 Å². The van der Waals surface area contributed by atoms with E-state index in [1.807, 2.05) is 30.1 Å². The highest BCUT2D eigenvalue weighted by Crippen LogP contribution is 2.09. The number of nitrogens with one attached hydrogen (secondary N) is 1. The van der Waals surface area contributed by atoms with E-state index in [1.165, 1.54) is 0 Å². The number of aromatic nitrogens is 2. The zero-order valence-electron chi connectivity index (χ0n) is 9.65. The van der Waals surface area contributed by atoms with Gasteiger partial charge in [0.05, 0.1) is 5.56 Å². The van der Waals surface area contributed by atoms with Gasteiger partial charge in [-0.05, 0) is 17.7 Å². The van der Waals surface area contributed by atoms with Crippen LogP contribution in [0.15, 0.2) is 30.7 Å². The second-order valence-electron chi connectivity index (χ2n) is 3.83. The van der Waals surface area contributed by atoms with E-state index in [-0.39, 0.29) is 12.1 Å². The van der Waals surface area contributed by atoms with Crippen molar-refractivity contribution >= 4 is 5.91 Å². The van der Waals surface area contributed by atoms with Crippen LogP contribution in [0.1, 0.15) is 15.9 Å². The van der Waals surface area contributed by atoms with Gasteiger partial charge in [0.1, 0.15) is 0 Å². The van der Waals surface area contributed by atoms with Crippen molar-refractivity contribution in [3.63, 3.8) is 0 Å². The highest BCUT2D eigenvalue weighted by atomic mass is 19.2. The molecule has 0 saturated carbocycles. The Bertz CT molecular complexity index is 580. The Hall–Kier alpha value is -2.24. The molecule has 1 amide bonds. The third-order valence-corrected chi connectivity index (χ3v) is 2.44. The average Bonchev–Trinajstić information content (AvgIpc) is 2.76. The van der Waals surface area contributed by atoms with E-state index < -0.39 is 17.7 Å². The molecule has 2 heterocycles. The van der Waals surface area contributed by atoms with Gasteiger partial charge < -0.3 is 9.88 Å². The van der Waals surface area contributed by atoms with Crippen molar-refractivity contribution in [2.75, 3.05) is 0 Å². The second-order valence-corrected chi connectivity index (χ2v) is 3.83. The van der Waals surface area contributed by atoms with Crippen LogP contribution in [0.5, 0.6) is 0 Å². The molecule has 0 bridgehead atoms. The molecule has 0 saturated heterocycles. The molecule has 0 spiro atoms. The summed E-state index contributed by atoms with van der Waals surface area (Å²) in [5, 5.41) is 2.51. The molecule has 0 aromatic carbocycles. The lowest BCUT2D eigenvalue weighted by Crippen LogP contribution is -2.24. The van der Waals surface area contributed by atoms with Crippen LogP contribution in [0.3, 0.4) is 0 Å². The minimum absolute atomic E-state index is 0.253. The third kappa shape index (κ3) is 2.53. The van der Waals surface area contributed by atoms with Gasteiger partial charge in [-0.3, -0.25) is 4.79 Å². The molecule has 6 heteroatoms. The number of aryl methyl sites for hydroxylation is 1. The lowest BCUT2D eigenvalue weighted by molar-refractivity contribution is 0.0945. The summed E-state index contributed by atoms with van der Waals surface area (Å²) < 4.78 is 27.9. The summed E-state index contributed by atoms with van der Waals surface area (Å²) >= 11 is 0. The lowest BCUT2D eigenvalue weighted by Gasteiger charge is -2.04. The monoisotopic (exact) mass is 251 g/mol. The maximum absolute atomic E-state index is 13.3. The van der Waals surface area contributed by atoms with Gasteiger partial charge in [0.2, 0.25) is 5.95 Å². The largest absolute Gasteiger partial charge is 0.357 e. The minimum atomic E-state index is -1.28. The Labute approximate surface area is 102 Å². The van der Waals surface area contributed by atoms with Gasteiger partial charge in [-0.25, -0.2) is 9.37 Å². The maximum atomic E-state index is 13.3. The van der Waals surface area contributed by atoms with Crippen molar-refractivity contribution in [3.8, 4) is 0 Å². The quantitative estimate of drug-likeness (QED) is 0.843. The molecular weight excluding hydrogens is 240 g/mol. The molecule has 0 radical (unpaired) electrons. The van der Waals surface area contributed by atoms with E-state index in [0.29, 0.717) is 0 Å². The van der Waals surface area contributed by atoms with E-state index in [0.717, 1.165) is 17.8 Å². The standard InChI is InChI=1S/C12H11F2N3O/c1-17-5-3-8(7-17)6-16-12(18)9-2-4-15-11(14)10(9)13/h2-5,7H,6H2,1H3,(H,16,18). The molecule has 1 N–H and O–H groups in total. The average molecular weight is 251 g/mol. The maximum Gasteiger partial charge on any atom is 0.254 e. The SMILES string of the molecule is Cn1ccc(CNC(=O)c2ccnc(F)c2F)c1. The Balaban J connectivity index is 2.06. The first-order valence-corrected chi connectivity index (χ1v) is 5.27. The van der Waals surface area contributed by atoms with Crippen LogP contribution in [0, 0.1) is 11.8 Å². The van der Waals surface area contributed by atoms with Crippen LogP contribution in [0.2, 0.25) is 0 Å².